The van der Waals surface area contributed by atoms with Crippen LogP contribution < -0.4 is 5.32 Å². The van der Waals surface area contributed by atoms with Gasteiger partial charge in [0.2, 0.25) is 5.91 Å². The molecule has 0 heterocycles. The number of carbonyl (C=O) groups excluding carboxylic acids is 2. The summed E-state index contributed by atoms with van der Waals surface area (Å²) in [7, 11) is 1.51. The smallest absolute Gasteiger partial charge is 0.258 e. The number of phenols is 1. The SMILES string of the molecule is CCCN(CC(=O)NC)C(=O)c1cc(Cl)ccc1O. The van der Waals surface area contributed by atoms with E-state index >= 15 is 0 Å². The molecular weight excluding hydrogens is 268 g/mol. The highest BCUT2D eigenvalue weighted by Crippen LogP contribution is 2.23. The average molecular weight is 285 g/mol. The summed E-state index contributed by atoms with van der Waals surface area (Å²) in [4.78, 5) is 25.1. The van der Waals surface area contributed by atoms with Gasteiger partial charge >= 0.3 is 0 Å². The van der Waals surface area contributed by atoms with Crippen LogP contribution in [0.1, 0.15) is 23.7 Å². The lowest BCUT2D eigenvalue weighted by atomic mass is 10.1. The van der Waals surface area contributed by atoms with E-state index in [9.17, 15) is 14.7 Å². The minimum absolute atomic E-state index is 0.0465. The summed E-state index contributed by atoms with van der Waals surface area (Å²) in [6.45, 7) is 2.29. The zero-order chi connectivity index (χ0) is 14.4. The van der Waals surface area contributed by atoms with Crippen molar-refractivity contribution in [1.82, 2.24) is 10.2 Å². The molecule has 104 valence electrons. The Morgan fingerprint density at radius 2 is 2.11 bits per heavy atom. The fourth-order valence-electron chi connectivity index (χ4n) is 1.62. The first-order valence-electron chi connectivity index (χ1n) is 5.98. The van der Waals surface area contributed by atoms with E-state index in [1.54, 1.807) is 0 Å². The predicted molar refractivity (Wildman–Crippen MR) is 73.4 cm³/mol. The number of carbonyl (C=O) groups is 2. The standard InChI is InChI=1S/C13H17ClN2O3/c1-3-6-16(8-12(18)15-2)13(19)10-7-9(14)4-5-11(10)17/h4-5,7,17H,3,6,8H2,1-2H3,(H,15,18). The van der Waals surface area contributed by atoms with Gasteiger partial charge in [0.1, 0.15) is 5.75 Å². The second-order valence-corrected chi connectivity index (χ2v) is 4.50. The molecule has 0 aliphatic heterocycles. The first-order chi connectivity index (χ1) is 8.99. The summed E-state index contributed by atoms with van der Waals surface area (Å²) in [5.74, 6) is -0.818. The second kappa shape index (κ2) is 6.99. The van der Waals surface area contributed by atoms with E-state index in [0.29, 0.717) is 18.0 Å². The molecule has 0 fully saturated rings. The quantitative estimate of drug-likeness (QED) is 0.864. The maximum Gasteiger partial charge on any atom is 0.258 e. The van der Waals surface area contributed by atoms with E-state index in [-0.39, 0.29) is 23.8 Å². The normalized spacial score (nSPS) is 10.1. The van der Waals surface area contributed by atoms with E-state index in [0.717, 1.165) is 0 Å². The molecule has 0 aliphatic carbocycles. The number of likely N-dealkylation sites (N-methyl/N-ethyl adjacent to an activating group) is 1. The van der Waals surface area contributed by atoms with Gasteiger partial charge in [0, 0.05) is 18.6 Å². The minimum atomic E-state index is -0.412. The van der Waals surface area contributed by atoms with Gasteiger partial charge in [-0.05, 0) is 24.6 Å². The van der Waals surface area contributed by atoms with Crippen molar-refractivity contribution in [3.63, 3.8) is 0 Å². The van der Waals surface area contributed by atoms with Crippen LogP contribution in [0.15, 0.2) is 18.2 Å². The van der Waals surface area contributed by atoms with E-state index in [1.165, 1.54) is 30.1 Å². The molecule has 0 bridgehead atoms. The lowest BCUT2D eigenvalue weighted by Gasteiger charge is -2.21. The van der Waals surface area contributed by atoms with Crippen LogP contribution in [0.5, 0.6) is 5.75 Å². The molecule has 0 aliphatic rings. The number of phenolic OH excluding ortho intramolecular Hbond substituents is 1. The van der Waals surface area contributed by atoms with Crippen molar-refractivity contribution in [1.29, 1.82) is 0 Å². The number of nitrogens with zero attached hydrogens (tertiary/aromatic N) is 1. The zero-order valence-electron chi connectivity index (χ0n) is 10.9. The molecular formula is C13H17ClN2O3. The Balaban J connectivity index is 2.98. The van der Waals surface area contributed by atoms with Gasteiger partial charge < -0.3 is 15.3 Å². The van der Waals surface area contributed by atoms with Crippen molar-refractivity contribution in [3.05, 3.63) is 28.8 Å². The van der Waals surface area contributed by atoms with Crippen molar-refractivity contribution >= 4 is 23.4 Å². The lowest BCUT2D eigenvalue weighted by Crippen LogP contribution is -2.40. The number of rotatable bonds is 5. The van der Waals surface area contributed by atoms with Crippen molar-refractivity contribution in [2.45, 2.75) is 13.3 Å². The summed E-state index contributed by atoms with van der Waals surface area (Å²) in [6.07, 6.45) is 0.712. The topological polar surface area (TPSA) is 69.6 Å². The highest BCUT2D eigenvalue weighted by molar-refractivity contribution is 6.31. The molecule has 2 N–H and O–H groups in total. The van der Waals surface area contributed by atoms with E-state index in [1.807, 2.05) is 6.92 Å². The van der Waals surface area contributed by atoms with Crippen LogP contribution in [0.4, 0.5) is 0 Å². The molecule has 1 aromatic rings. The highest BCUT2D eigenvalue weighted by atomic mass is 35.5. The molecule has 1 rings (SSSR count). The zero-order valence-corrected chi connectivity index (χ0v) is 11.7. The van der Waals surface area contributed by atoms with Crippen molar-refractivity contribution in [3.8, 4) is 5.75 Å². The Labute approximate surface area is 117 Å². The molecule has 2 amide bonds. The third-order valence-electron chi connectivity index (χ3n) is 2.58. The van der Waals surface area contributed by atoms with E-state index < -0.39 is 5.91 Å². The first kappa shape index (κ1) is 15.3. The molecule has 0 saturated carbocycles. The highest BCUT2D eigenvalue weighted by Gasteiger charge is 2.20. The minimum Gasteiger partial charge on any atom is -0.507 e. The van der Waals surface area contributed by atoms with Crippen molar-refractivity contribution in [2.75, 3.05) is 20.1 Å². The molecule has 6 heteroatoms. The van der Waals surface area contributed by atoms with Crippen LogP contribution in [0.25, 0.3) is 0 Å². The molecule has 0 atom stereocenters. The van der Waals surface area contributed by atoms with Gasteiger partial charge in [-0.25, -0.2) is 0 Å². The van der Waals surface area contributed by atoms with E-state index in [4.69, 9.17) is 11.6 Å². The Hall–Kier alpha value is -1.75. The Bertz CT molecular complexity index is 477. The van der Waals surface area contributed by atoms with E-state index in [2.05, 4.69) is 5.32 Å². The molecule has 19 heavy (non-hydrogen) atoms. The van der Waals surface area contributed by atoms with Gasteiger partial charge in [-0.1, -0.05) is 18.5 Å². The molecule has 0 radical (unpaired) electrons. The Morgan fingerprint density at radius 3 is 2.68 bits per heavy atom. The van der Waals surface area contributed by atoms with Gasteiger partial charge in [0.05, 0.1) is 12.1 Å². The van der Waals surface area contributed by atoms with Crippen LogP contribution in [0, 0.1) is 0 Å². The lowest BCUT2D eigenvalue weighted by molar-refractivity contribution is -0.121. The van der Waals surface area contributed by atoms with Crippen molar-refractivity contribution in [2.24, 2.45) is 0 Å². The summed E-state index contributed by atoms with van der Waals surface area (Å²) in [6, 6.07) is 4.25. The number of hydrogen-bond acceptors (Lipinski definition) is 3. The summed E-state index contributed by atoms with van der Waals surface area (Å²) >= 11 is 5.81. The Morgan fingerprint density at radius 1 is 1.42 bits per heavy atom. The fourth-order valence-corrected chi connectivity index (χ4v) is 1.80. The van der Waals surface area contributed by atoms with Crippen LogP contribution >= 0.6 is 11.6 Å². The number of halogens is 1. The number of amides is 2. The number of hydrogen-bond donors (Lipinski definition) is 2. The molecule has 0 spiro atoms. The van der Waals surface area contributed by atoms with Crippen LogP contribution in [0.3, 0.4) is 0 Å². The number of aromatic hydroxyl groups is 1. The second-order valence-electron chi connectivity index (χ2n) is 4.06. The Kier molecular flexibility index (Phi) is 5.63. The van der Waals surface area contributed by atoms with Gasteiger partial charge in [0.25, 0.3) is 5.91 Å². The molecule has 5 nitrogen and oxygen atoms in total. The summed E-state index contributed by atoms with van der Waals surface area (Å²) in [5.41, 5.74) is 0.102. The first-order valence-corrected chi connectivity index (χ1v) is 6.35. The van der Waals surface area contributed by atoms with Crippen LogP contribution in [-0.2, 0) is 4.79 Å². The predicted octanol–water partition coefficient (Wildman–Crippen LogP) is 1.64. The maximum atomic E-state index is 12.3. The maximum absolute atomic E-state index is 12.3. The third-order valence-corrected chi connectivity index (χ3v) is 2.82. The van der Waals surface area contributed by atoms with Gasteiger partial charge in [-0.15, -0.1) is 0 Å². The monoisotopic (exact) mass is 284 g/mol. The molecule has 0 aromatic heterocycles. The molecule has 1 aromatic carbocycles. The largest absolute Gasteiger partial charge is 0.507 e. The van der Waals surface area contributed by atoms with Gasteiger partial charge in [-0.2, -0.15) is 0 Å². The summed E-state index contributed by atoms with van der Waals surface area (Å²) in [5, 5.41) is 12.5. The van der Waals surface area contributed by atoms with Crippen molar-refractivity contribution < 1.29 is 14.7 Å². The van der Waals surface area contributed by atoms with Crippen LogP contribution in [-0.4, -0.2) is 42.0 Å². The van der Waals surface area contributed by atoms with Crippen LogP contribution in [0.2, 0.25) is 5.02 Å². The van der Waals surface area contributed by atoms with Gasteiger partial charge in [0.15, 0.2) is 0 Å². The average Bonchev–Trinajstić information content (AvgIpc) is 2.40. The molecule has 0 saturated heterocycles. The summed E-state index contributed by atoms with van der Waals surface area (Å²) < 4.78 is 0. The molecule has 0 unspecified atom stereocenters. The fraction of sp³-hybridized carbons (Fsp3) is 0.385. The number of benzene rings is 1. The number of nitrogens with one attached hydrogen (secondary N) is 1. The third kappa shape index (κ3) is 4.13. The van der Waals surface area contributed by atoms with Gasteiger partial charge in [-0.3, -0.25) is 9.59 Å².